The average Bonchev–Trinajstić information content (AvgIpc) is 3.15. The van der Waals surface area contributed by atoms with E-state index < -0.39 is 84.3 Å². The topological polar surface area (TPSA) is 210 Å². The van der Waals surface area contributed by atoms with Gasteiger partial charge in [-0.05, 0) is 65.8 Å². The van der Waals surface area contributed by atoms with Gasteiger partial charge >= 0.3 is 47.8 Å². The van der Waals surface area contributed by atoms with Crippen LogP contribution in [0, 0.1) is 10.8 Å². The van der Waals surface area contributed by atoms with Crippen LogP contribution in [0.2, 0.25) is 0 Å². The zero-order valence-corrected chi connectivity index (χ0v) is 32.7. The highest BCUT2D eigenvalue weighted by atomic mass is 16.6. The highest BCUT2D eigenvalue weighted by molar-refractivity contribution is 6.06. The lowest BCUT2D eigenvalue weighted by Crippen LogP contribution is -2.45. The highest BCUT2D eigenvalue weighted by Gasteiger charge is 2.53. The van der Waals surface area contributed by atoms with Crippen molar-refractivity contribution in [3.8, 4) is 11.5 Å². The van der Waals surface area contributed by atoms with Crippen molar-refractivity contribution in [2.24, 2.45) is 10.8 Å². The van der Waals surface area contributed by atoms with Crippen LogP contribution in [0.3, 0.4) is 0 Å². The maximum Gasteiger partial charge on any atom is 0.333 e. The molecule has 16 heteroatoms. The molecule has 16 nitrogen and oxygen atoms in total. The standard InChI is InChI=1S/C40H50O16/c1-11-49-31(41)25(7)21-39(35(45)53-15-5,22-26(8)32(42)50-12-2)37(47)55-29-17-19-30(20-18-29)56-38(48)40(36(46)54-16-6,23-27(9)33(43)51-13-3)24-28(10)34(44)52-14-4/h17-20H,7-16,21-24H2,1-6H3. The number of hydrogen-bond donors (Lipinski definition) is 0. The summed E-state index contributed by atoms with van der Waals surface area (Å²) in [6, 6.07) is 4.66. The molecule has 0 radical (unpaired) electrons. The molecule has 0 atom stereocenters. The van der Waals surface area contributed by atoms with Crippen molar-refractivity contribution in [1.29, 1.82) is 0 Å². The van der Waals surface area contributed by atoms with E-state index in [1.165, 1.54) is 13.8 Å². The number of carbonyl (C=O) groups is 8. The molecule has 0 aliphatic rings. The number of carbonyl (C=O) groups excluding carboxylic acids is 8. The van der Waals surface area contributed by atoms with Gasteiger partial charge in [-0.25, -0.2) is 19.2 Å². The van der Waals surface area contributed by atoms with Crippen molar-refractivity contribution in [2.45, 2.75) is 67.2 Å². The monoisotopic (exact) mass is 786 g/mol. The largest absolute Gasteiger partial charge is 0.465 e. The Morgan fingerprint density at radius 2 is 0.607 bits per heavy atom. The van der Waals surface area contributed by atoms with Gasteiger partial charge in [0, 0.05) is 48.0 Å². The maximum atomic E-state index is 14.0. The Morgan fingerprint density at radius 1 is 0.393 bits per heavy atom. The van der Waals surface area contributed by atoms with Crippen LogP contribution in [0.5, 0.6) is 11.5 Å². The van der Waals surface area contributed by atoms with Crippen molar-refractivity contribution in [1.82, 2.24) is 0 Å². The third kappa shape index (κ3) is 13.1. The van der Waals surface area contributed by atoms with Crippen LogP contribution < -0.4 is 9.47 Å². The molecule has 0 fully saturated rings. The second-order valence-electron chi connectivity index (χ2n) is 11.9. The van der Waals surface area contributed by atoms with Crippen LogP contribution in [0.15, 0.2) is 72.9 Å². The van der Waals surface area contributed by atoms with Crippen LogP contribution in [0.1, 0.15) is 67.2 Å². The van der Waals surface area contributed by atoms with E-state index in [4.69, 9.17) is 37.9 Å². The third-order valence-corrected chi connectivity index (χ3v) is 7.68. The van der Waals surface area contributed by atoms with E-state index >= 15 is 0 Å². The zero-order chi connectivity index (χ0) is 42.6. The first-order valence-corrected chi connectivity index (χ1v) is 17.7. The summed E-state index contributed by atoms with van der Waals surface area (Å²) in [6.07, 6.45) is -2.77. The summed E-state index contributed by atoms with van der Waals surface area (Å²) in [4.78, 5) is 105. The number of esters is 8. The van der Waals surface area contributed by atoms with Gasteiger partial charge in [-0.2, -0.15) is 0 Å². The van der Waals surface area contributed by atoms with E-state index in [0.717, 1.165) is 24.3 Å². The fourth-order valence-electron chi connectivity index (χ4n) is 5.07. The quantitative estimate of drug-likeness (QED) is 0.0460. The Balaban J connectivity index is 3.68. The van der Waals surface area contributed by atoms with Gasteiger partial charge in [0.05, 0.1) is 39.6 Å². The minimum atomic E-state index is -2.38. The van der Waals surface area contributed by atoms with Crippen LogP contribution in [0.4, 0.5) is 0 Å². The van der Waals surface area contributed by atoms with Crippen molar-refractivity contribution in [2.75, 3.05) is 39.6 Å². The molecule has 1 rings (SSSR count). The molecule has 0 aromatic heterocycles. The smallest absolute Gasteiger partial charge is 0.333 e. The molecule has 0 saturated heterocycles. The van der Waals surface area contributed by atoms with Gasteiger partial charge in [0.15, 0.2) is 10.8 Å². The van der Waals surface area contributed by atoms with Crippen molar-refractivity contribution in [3.05, 3.63) is 72.9 Å². The van der Waals surface area contributed by atoms with Gasteiger partial charge in [0.25, 0.3) is 0 Å². The molecule has 0 amide bonds. The predicted molar refractivity (Wildman–Crippen MR) is 197 cm³/mol. The highest BCUT2D eigenvalue weighted by Crippen LogP contribution is 2.39. The van der Waals surface area contributed by atoms with E-state index in [0.29, 0.717) is 0 Å². The third-order valence-electron chi connectivity index (χ3n) is 7.68. The van der Waals surface area contributed by atoms with Gasteiger partial charge in [0.2, 0.25) is 0 Å². The van der Waals surface area contributed by atoms with E-state index in [1.807, 2.05) is 0 Å². The molecule has 56 heavy (non-hydrogen) atoms. The molecule has 0 N–H and O–H groups in total. The Kier molecular flexibility index (Phi) is 19.7. The molecule has 0 aliphatic carbocycles. The lowest BCUT2D eigenvalue weighted by molar-refractivity contribution is -0.169. The van der Waals surface area contributed by atoms with Gasteiger partial charge in [0.1, 0.15) is 11.5 Å². The summed E-state index contributed by atoms with van der Waals surface area (Å²) in [7, 11) is 0. The van der Waals surface area contributed by atoms with Crippen molar-refractivity contribution < 1.29 is 76.3 Å². The maximum absolute atomic E-state index is 14.0. The zero-order valence-electron chi connectivity index (χ0n) is 32.7. The summed E-state index contributed by atoms with van der Waals surface area (Å²) in [5.41, 5.74) is -5.99. The van der Waals surface area contributed by atoms with E-state index in [-0.39, 0.29) is 73.4 Å². The second-order valence-corrected chi connectivity index (χ2v) is 11.9. The SMILES string of the molecule is C=C(CC(CC(=C)C(=O)OCC)(C(=O)OCC)C(=O)Oc1ccc(OC(=O)C(CC(=C)C(=O)OCC)(CC(=C)C(=O)OCC)C(=O)OCC)cc1)C(=O)OCC. The summed E-state index contributed by atoms with van der Waals surface area (Å²) >= 11 is 0. The molecule has 0 heterocycles. The fraction of sp³-hybridized carbons (Fsp3) is 0.450. The fourth-order valence-corrected chi connectivity index (χ4v) is 5.07. The minimum absolute atomic E-state index is 0.0393. The van der Waals surface area contributed by atoms with Crippen LogP contribution >= 0.6 is 0 Å². The van der Waals surface area contributed by atoms with Gasteiger partial charge < -0.3 is 37.9 Å². The summed E-state index contributed by atoms with van der Waals surface area (Å²) in [5.74, 6) is -8.96. The first kappa shape index (κ1) is 48.0. The summed E-state index contributed by atoms with van der Waals surface area (Å²) in [6.45, 7) is 23.2. The molecule has 0 bridgehead atoms. The molecule has 0 saturated carbocycles. The summed E-state index contributed by atoms with van der Waals surface area (Å²) in [5, 5.41) is 0. The molecule has 1 aromatic carbocycles. The minimum Gasteiger partial charge on any atom is -0.465 e. The summed E-state index contributed by atoms with van der Waals surface area (Å²) < 4.78 is 41.4. The lowest BCUT2D eigenvalue weighted by atomic mass is 9.76. The van der Waals surface area contributed by atoms with E-state index in [9.17, 15) is 38.4 Å². The molecular weight excluding hydrogens is 736 g/mol. The second kappa shape index (κ2) is 23.0. The molecular formula is C40H50O16. The van der Waals surface area contributed by atoms with Crippen LogP contribution in [-0.4, -0.2) is 87.4 Å². The average molecular weight is 787 g/mol. The molecule has 0 aliphatic heterocycles. The van der Waals surface area contributed by atoms with Gasteiger partial charge in [-0.15, -0.1) is 0 Å². The first-order valence-electron chi connectivity index (χ1n) is 17.7. The van der Waals surface area contributed by atoms with Crippen molar-refractivity contribution >= 4 is 47.8 Å². The Labute approximate surface area is 325 Å². The number of ether oxygens (including phenoxy) is 8. The Hall–Kier alpha value is -6.06. The molecule has 306 valence electrons. The Morgan fingerprint density at radius 3 is 0.804 bits per heavy atom. The van der Waals surface area contributed by atoms with Crippen molar-refractivity contribution in [3.63, 3.8) is 0 Å². The van der Waals surface area contributed by atoms with Crippen LogP contribution in [-0.2, 0) is 66.8 Å². The predicted octanol–water partition coefficient (Wildman–Crippen LogP) is 4.63. The molecule has 1 aromatic rings. The van der Waals surface area contributed by atoms with E-state index in [1.54, 1.807) is 27.7 Å². The van der Waals surface area contributed by atoms with Crippen LogP contribution in [0.25, 0.3) is 0 Å². The van der Waals surface area contributed by atoms with E-state index in [2.05, 4.69) is 26.3 Å². The number of hydrogen-bond acceptors (Lipinski definition) is 16. The number of benzene rings is 1. The van der Waals surface area contributed by atoms with Gasteiger partial charge in [-0.1, -0.05) is 26.3 Å². The first-order chi connectivity index (χ1) is 26.4. The van der Waals surface area contributed by atoms with Gasteiger partial charge in [-0.3, -0.25) is 19.2 Å². The molecule has 0 unspecified atom stereocenters. The Bertz CT molecular complexity index is 1500. The normalized spacial score (nSPS) is 10.8. The molecule has 0 spiro atoms. The number of rotatable bonds is 24. The lowest BCUT2D eigenvalue weighted by Gasteiger charge is -2.30.